The van der Waals surface area contributed by atoms with Crippen LogP contribution in [0.25, 0.3) is 0 Å². The topological polar surface area (TPSA) is 30.5 Å². The highest BCUT2D eigenvalue weighted by Gasteiger charge is 2.07. The molecule has 0 radical (unpaired) electrons. The Morgan fingerprint density at radius 2 is 1.81 bits per heavy atom. The standard InChI is InChI=1S/C18H23NO2/c1-4-21-17-11-10-15(12-18(17)20-3)13-19-14(2)16-8-6-5-7-9-16/h5-12,14,19H,4,13H2,1-3H3/t14-/m0/s1. The second kappa shape index (κ2) is 7.70. The Balaban J connectivity index is 2.00. The summed E-state index contributed by atoms with van der Waals surface area (Å²) in [5.74, 6) is 1.57. The van der Waals surface area contributed by atoms with Crippen LogP contribution in [-0.4, -0.2) is 13.7 Å². The van der Waals surface area contributed by atoms with Crippen LogP contribution in [0.4, 0.5) is 0 Å². The molecule has 0 aliphatic carbocycles. The van der Waals surface area contributed by atoms with Gasteiger partial charge >= 0.3 is 0 Å². The highest BCUT2D eigenvalue weighted by Crippen LogP contribution is 2.28. The van der Waals surface area contributed by atoms with Gasteiger partial charge in [0.15, 0.2) is 11.5 Å². The van der Waals surface area contributed by atoms with Crippen molar-refractivity contribution >= 4 is 0 Å². The van der Waals surface area contributed by atoms with Crippen LogP contribution in [0.2, 0.25) is 0 Å². The van der Waals surface area contributed by atoms with Gasteiger partial charge in [0.1, 0.15) is 0 Å². The van der Waals surface area contributed by atoms with Crippen molar-refractivity contribution < 1.29 is 9.47 Å². The SMILES string of the molecule is CCOc1ccc(CN[C@@H](C)c2ccccc2)cc1OC. The van der Waals surface area contributed by atoms with Crippen molar-refractivity contribution in [2.45, 2.75) is 26.4 Å². The van der Waals surface area contributed by atoms with Crippen LogP contribution >= 0.6 is 0 Å². The molecule has 0 saturated heterocycles. The lowest BCUT2D eigenvalue weighted by molar-refractivity contribution is 0.310. The third-order valence-corrected chi connectivity index (χ3v) is 3.44. The zero-order valence-corrected chi connectivity index (χ0v) is 12.9. The van der Waals surface area contributed by atoms with Crippen LogP contribution in [0.15, 0.2) is 48.5 Å². The number of rotatable bonds is 7. The zero-order valence-electron chi connectivity index (χ0n) is 12.9. The number of methoxy groups -OCH3 is 1. The first-order chi connectivity index (χ1) is 10.2. The van der Waals surface area contributed by atoms with Crippen LogP contribution in [0.1, 0.15) is 31.0 Å². The lowest BCUT2D eigenvalue weighted by Crippen LogP contribution is -2.18. The van der Waals surface area contributed by atoms with Crippen molar-refractivity contribution in [2.75, 3.05) is 13.7 Å². The molecule has 0 fully saturated rings. The Hall–Kier alpha value is -2.00. The van der Waals surface area contributed by atoms with Crippen molar-refractivity contribution in [1.82, 2.24) is 5.32 Å². The number of ether oxygens (including phenoxy) is 2. The van der Waals surface area contributed by atoms with E-state index >= 15 is 0 Å². The fraction of sp³-hybridized carbons (Fsp3) is 0.333. The van der Waals surface area contributed by atoms with E-state index in [0.717, 1.165) is 18.0 Å². The van der Waals surface area contributed by atoms with E-state index in [1.807, 2.05) is 25.1 Å². The van der Waals surface area contributed by atoms with Gasteiger partial charge in [0, 0.05) is 12.6 Å². The fourth-order valence-corrected chi connectivity index (χ4v) is 2.23. The molecule has 112 valence electrons. The molecule has 0 aliphatic rings. The van der Waals surface area contributed by atoms with Crippen LogP contribution in [0, 0.1) is 0 Å². The van der Waals surface area contributed by atoms with E-state index in [0.29, 0.717) is 12.6 Å². The van der Waals surface area contributed by atoms with E-state index in [9.17, 15) is 0 Å². The van der Waals surface area contributed by atoms with Crippen LogP contribution < -0.4 is 14.8 Å². The number of nitrogens with one attached hydrogen (secondary N) is 1. The van der Waals surface area contributed by atoms with Gasteiger partial charge in [-0.2, -0.15) is 0 Å². The average molecular weight is 285 g/mol. The maximum Gasteiger partial charge on any atom is 0.161 e. The summed E-state index contributed by atoms with van der Waals surface area (Å²) in [6.45, 7) is 5.56. The summed E-state index contributed by atoms with van der Waals surface area (Å²) in [6.07, 6.45) is 0. The fourth-order valence-electron chi connectivity index (χ4n) is 2.23. The summed E-state index contributed by atoms with van der Waals surface area (Å²) in [5, 5.41) is 3.52. The van der Waals surface area contributed by atoms with E-state index < -0.39 is 0 Å². The second-order valence-corrected chi connectivity index (χ2v) is 4.93. The van der Waals surface area contributed by atoms with Crippen molar-refractivity contribution in [3.63, 3.8) is 0 Å². The molecule has 0 aliphatic heterocycles. The molecule has 0 heterocycles. The maximum atomic E-state index is 5.53. The Bertz CT molecular complexity index is 554. The third-order valence-electron chi connectivity index (χ3n) is 3.44. The Morgan fingerprint density at radius 1 is 1.05 bits per heavy atom. The molecule has 0 unspecified atom stereocenters. The molecule has 21 heavy (non-hydrogen) atoms. The summed E-state index contributed by atoms with van der Waals surface area (Å²) in [4.78, 5) is 0. The Labute approximate surface area is 126 Å². The van der Waals surface area contributed by atoms with E-state index in [1.165, 1.54) is 11.1 Å². The first-order valence-corrected chi connectivity index (χ1v) is 7.32. The van der Waals surface area contributed by atoms with Crippen LogP contribution in [0.5, 0.6) is 11.5 Å². The molecule has 3 heteroatoms. The second-order valence-electron chi connectivity index (χ2n) is 4.93. The zero-order chi connectivity index (χ0) is 15.1. The van der Waals surface area contributed by atoms with Gasteiger partial charge in [0.25, 0.3) is 0 Å². The molecule has 1 N–H and O–H groups in total. The Morgan fingerprint density at radius 3 is 2.48 bits per heavy atom. The van der Waals surface area contributed by atoms with Gasteiger partial charge in [-0.25, -0.2) is 0 Å². The van der Waals surface area contributed by atoms with Gasteiger partial charge in [-0.1, -0.05) is 36.4 Å². The molecule has 0 spiro atoms. The van der Waals surface area contributed by atoms with Gasteiger partial charge in [0.2, 0.25) is 0 Å². The molecule has 0 amide bonds. The van der Waals surface area contributed by atoms with Gasteiger partial charge in [-0.05, 0) is 37.1 Å². The number of hydrogen-bond donors (Lipinski definition) is 1. The minimum atomic E-state index is 0.309. The normalized spacial score (nSPS) is 12.0. The van der Waals surface area contributed by atoms with E-state index in [1.54, 1.807) is 7.11 Å². The average Bonchev–Trinajstić information content (AvgIpc) is 2.54. The van der Waals surface area contributed by atoms with Crippen molar-refractivity contribution in [2.24, 2.45) is 0 Å². The molecule has 2 rings (SSSR count). The molecule has 0 aromatic heterocycles. The van der Waals surface area contributed by atoms with Gasteiger partial charge in [-0.3, -0.25) is 0 Å². The van der Waals surface area contributed by atoms with Gasteiger partial charge < -0.3 is 14.8 Å². The summed E-state index contributed by atoms with van der Waals surface area (Å²) in [5.41, 5.74) is 2.47. The summed E-state index contributed by atoms with van der Waals surface area (Å²) in [7, 11) is 1.67. The minimum Gasteiger partial charge on any atom is -0.493 e. The Kier molecular flexibility index (Phi) is 5.64. The molecule has 1 atom stereocenters. The quantitative estimate of drug-likeness (QED) is 0.835. The number of hydrogen-bond acceptors (Lipinski definition) is 3. The van der Waals surface area contributed by atoms with Gasteiger partial charge in [-0.15, -0.1) is 0 Å². The monoisotopic (exact) mass is 285 g/mol. The summed E-state index contributed by atoms with van der Waals surface area (Å²) < 4.78 is 10.9. The largest absolute Gasteiger partial charge is 0.493 e. The lowest BCUT2D eigenvalue weighted by Gasteiger charge is -2.15. The molecular formula is C18H23NO2. The van der Waals surface area contributed by atoms with E-state index in [-0.39, 0.29) is 0 Å². The van der Waals surface area contributed by atoms with Crippen molar-refractivity contribution in [1.29, 1.82) is 0 Å². The molecule has 3 nitrogen and oxygen atoms in total. The third kappa shape index (κ3) is 4.23. The maximum absolute atomic E-state index is 5.53. The summed E-state index contributed by atoms with van der Waals surface area (Å²) >= 11 is 0. The smallest absolute Gasteiger partial charge is 0.161 e. The van der Waals surface area contributed by atoms with E-state index in [4.69, 9.17) is 9.47 Å². The highest BCUT2D eigenvalue weighted by atomic mass is 16.5. The lowest BCUT2D eigenvalue weighted by atomic mass is 10.1. The number of benzene rings is 2. The predicted octanol–water partition coefficient (Wildman–Crippen LogP) is 3.94. The van der Waals surface area contributed by atoms with Crippen LogP contribution in [-0.2, 0) is 6.54 Å². The molecule has 0 saturated carbocycles. The molecule has 2 aromatic carbocycles. The van der Waals surface area contributed by atoms with Gasteiger partial charge in [0.05, 0.1) is 13.7 Å². The molecule has 2 aromatic rings. The first-order valence-electron chi connectivity index (χ1n) is 7.32. The van der Waals surface area contributed by atoms with E-state index in [2.05, 4.69) is 42.6 Å². The first kappa shape index (κ1) is 15.4. The van der Waals surface area contributed by atoms with Crippen molar-refractivity contribution in [3.8, 4) is 11.5 Å². The van der Waals surface area contributed by atoms with Crippen LogP contribution in [0.3, 0.4) is 0 Å². The summed E-state index contributed by atoms with van der Waals surface area (Å²) in [6, 6.07) is 16.8. The minimum absolute atomic E-state index is 0.309. The molecular weight excluding hydrogens is 262 g/mol. The molecule has 0 bridgehead atoms. The van der Waals surface area contributed by atoms with Crippen molar-refractivity contribution in [3.05, 3.63) is 59.7 Å². The highest BCUT2D eigenvalue weighted by molar-refractivity contribution is 5.43. The predicted molar refractivity (Wildman–Crippen MR) is 85.9 cm³/mol.